The van der Waals surface area contributed by atoms with Crippen LogP contribution in [-0.2, 0) is 6.42 Å². The largest absolute Gasteiger partial charge is 0.316 e. The lowest BCUT2D eigenvalue weighted by Crippen LogP contribution is -2.37. The van der Waals surface area contributed by atoms with Crippen molar-refractivity contribution in [3.05, 3.63) is 22.4 Å². The first-order valence-corrected chi connectivity index (χ1v) is 7.14. The maximum atomic E-state index is 3.49. The zero-order chi connectivity index (χ0) is 11.2. The van der Waals surface area contributed by atoms with Crippen molar-refractivity contribution in [2.75, 3.05) is 33.2 Å². The van der Waals surface area contributed by atoms with Crippen LogP contribution in [0.4, 0.5) is 0 Å². The van der Waals surface area contributed by atoms with Crippen molar-refractivity contribution in [3.63, 3.8) is 0 Å². The molecule has 1 aromatic rings. The molecule has 1 atom stereocenters. The van der Waals surface area contributed by atoms with Crippen molar-refractivity contribution in [1.29, 1.82) is 0 Å². The SMILES string of the molecule is CN(CCc1cccs1)CC1CCCNC1.Cl. The van der Waals surface area contributed by atoms with E-state index < -0.39 is 0 Å². The van der Waals surface area contributed by atoms with E-state index in [4.69, 9.17) is 0 Å². The molecule has 17 heavy (non-hydrogen) atoms. The molecule has 4 heteroatoms. The van der Waals surface area contributed by atoms with Crippen LogP contribution >= 0.6 is 23.7 Å². The van der Waals surface area contributed by atoms with Crippen molar-refractivity contribution in [3.8, 4) is 0 Å². The van der Waals surface area contributed by atoms with Crippen LogP contribution in [0.3, 0.4) is 0 Å². The molecule has 98 valence electrons. The van der Waals surface area contributed by atoms with Crippen molar-refractivity contribution < 1.29 is 0 Å². The van der Waals surface area contributed by atoms with Gasteiger partial charge in [0.05, 0.1) is 0 Å². The molecule has 1 unspecified atom stereocenters. The number of thiophene rings is 1. The first-order valence-electron chi connectivity index (χ1n) is 6.26. The van der Waals surface area contributed by atoms with Crippen LogP contribution in [0.15, 0.2) is 17.5 Å². The number of likely N-dealkylation sites (N-methyl/N-ethyl adjacent to an activating group) is 1. The molecule has 2 rings (SSSR count). The maximum absolute atomic E-state index is 3.49. The Kier molecular flexibility index (Phi) is 7.12. The predicted molar refractivity (Wildman–Crippen MR) is 78.4 cm³/mol. The highest BCUT2D eigenvalue weighted by Gasteiger charge is 2.14. The molecule has 0 radical (unpaired) electrons. The summed E-state index contributed by atoms with van der Waals surface area (Å²) in [6.45, 7) is 4.87. The van der Waals surface area contributed by atoms with Gasteiger partial charge < -0.3 is 10.2 Å². The molecule has 1 aliphatic heterocycles. The van der Waals surface area contributed by atoms with Gasteiger partial charge in [0, 0.05) is 18.0 Å². The molecule has 2 heterocycles. The van der Waals surface area contributed by atoms with E-state index in [-0.39, 0.29) is 12.4 Å². The minimum atomic E-state index is 0. The molecule has 0 amide bonds. The molecule has 1 aromatic heterocycles. The summed E-state index contributed by atoms with van der Waals surface area (Å²) in [5.74, 6) is 0.863. The summed E-state index contributed by atoms with van der Waals surface area (Å²) in [6.07, 6.45) is 3.95. The van der Waals surface area contributed by atoms with Gasteiger partial charge in [-0.3, -0.25) is 0 Å². The fraction of sp³-hybridized carbons (Fsp3) is 0.692. The highest BCUT2D eigenvalue weighted by atomic mass is 35.5. The van der Waals surface area contributed by atoms with E-state index >= 15 is 0 Å². The first kappa shape index (κ1) is 15.0. The van der Waals surface area contributed by atoms with Gasteiger partial charge in [-0.05, 0) is 56.8 Å². The molecule has 0 saturated carbocycles. The Morgan fingerprint density at radius 3 is 3.06 bits per heavy atom. The van der Waals surface area contributed by atoms with E-state index in [1.54, 1.807) is 0 Å². The van der Waals surface area contributed by atoms with Crippen molar-refractivity contribution in [1.82, 2.24) is 10.2 Å². The molecule has 1 saturated heterocycles. The van der Waals surface area contributed by atoms with Gasteiger partial charge in [-0.15, -0.1) is 23.7 Å². The Bertz CT molecular complexity index is 284. The Morgan fingerprint density at radius 1 is 1.53 bits per heavy atom. The molecule has 1 fully saturated rings. The number of rotatable bonds is 5. The summed E-state index contributed by atoms with van der Waals surface area (Å²) in [7, 11) is 2.25. The molecule has 2 nitrogen and oxygen atoms in total. The third-order valence-electron chi connectivity index (χ3n) is 3.29. The van der Waals surface area contributed by atoms with E-state index in [1.807, 2.05) is 11.3 Å². The van der Waals surface area contributed by atoms with Crippen LogP contribution in [0.1, 0.15) is 17.7 Å². The van der Waals surface area contributed by atoms with E-state index in [9.17, 15) is 0 Å². The molecule has 0 bridgehead atoms. The second-order valence-corrected chi connectivity index (χ2v) is 5.84. The van der Waals surface area contributed by atoms with Crippen LogP contribution in [0.2, 0.25) is 0 Å². The minimum Gasteiger partial charge on any atom is -0.316 e. The zero-order valence-electron chi connectivity index (χ0n) is 10.5. The second-order valence-electron chi connectivity index (χ2n) is 4.80. The monoisotopic (exact) mass is 274 g/mol. The number of halogens is 1. The highest BCUT2D eigenvalue weighted by Crippen LogP contribution is 2.13. The third-order valence-corrected chi connectivity index (χ3v) is 4.23. The zero-order valence-corrected chi connectivity index (χ0v) is 12.2. The summed E-state index contributed by atoms with van der Waals surface area (Å²) in [5.41, 5.74) is 0. The van der Waals surface area contributed by atoms with E-state index in [1.165, 1.54) is 50.3 Å². The quantitative estimate of drug-likeness (QED) is 0.888. The Morgan fingerprint density at radius 2 is 2.41 bits per heavy atom. The van der Waals surface area contributed by atoms with Gasteiger partial charge in [-0.1, -0.05) is 6.07 Å². The number of nitrogens with zero attached hydrogens (tertiary/aromatic N) is 1. The number of hydrogen-bond donors (Lipinski definition) is 1. The molecule has 0 spiro atoms. The topological polar surface area (TPSA) is 15.3 Å². The van der Waals surface area contributed by atoms with Crippen LogP contribution in [0, 0.1) is 5.92 Å². The Hall–Kier alpha value is -0.0900. The summed E-state index contributed by atoms with van der Waals surface area (Å²) >= 11 is 1.87. The van der Waals surface area contributed by atoms with Crippen LogP contribution in [-0.4, -0.2) is 38.1 Å². The van der Waals surface area contributed by atoms with Gasteiger partial charge >= 0.3 is 0 Å². The Balaban J connectivity index is 0.00000144. The summed E-state index contributed by atoms with van der Waals surface area (Å²) < 4.78 is 0. The molecule has 1 N–H and O–H groups in total. The number of nitrogens with one attached hydrogen (secondary N) is 1. The first-order chi connectivity index (χ1) is 7.84. The molecular formula is C13H23ClN2S. The Labute approximate surface area is 115 Å². The predicted octanol–water partition coefficient (Wildman–Crippen LogP) is 2.64. The normalized spacial score (nSPS) is 20.2. The lowest BCUT2D eigenvalue weighted by molar-refractivity contribution is 0.245. The van der Waals surface area contributed by atoms with Gasteiger partial charge in [-0.2, -0.15) is 0 Å². The van der Waals surface area contributed by atoms with Crippen molar-refractivity contribution in [2.45, 2.75) is 19.3 Å². The number of hydrogen-bond acceptors (Lipinski definition) is 3. The minimum absolute atomic E-state index is 0. The van der Waals surface area contributed by atoms with Gasteiger partial charge in [-0.25, -0.2) is 0 Å². The second kappa shape index (κ2) is 8.09. The smallest absolute Gasteiger partial charge is 0.00579 e. The fourth-order valence-electron chi connectivity index (χ4n) is 2.37. The van der Waals surface area contributed by atoms with Crippen molar-refractivity contribution in [2.24, 2.45) is 5.92 Å². The lowest BCUT2D eigenvalue weighted by Gasteiger charge is -2.27. The summed E-state index contributed by atoms with van der Waals surface area (Å²) in [6, 6.07) is 4.38. The molecule has 0 aromatic carbocycles. The maximum Gasteiger partial charge on any atom is 0.00579 e. The van der Waals surface area contributed by atoms with Crippen LogP contribution in [0.5, 0.6) is 0 Å². The average molecular weight is 275 g/mol. The van der Waals surface area contributed by atoms with E-state index in [0.29, 0.717) is 0 Å². The summed E-state index contributed by atoms with van der Waals surface area (Å²) in [4.78, 5) is 3.99. The van der Waals surface area contributed by atoms with Gasteiger partial charge in [0.15, 0.2) is 0 Å². The van der Waals surface area contributed by atoms with Crippen molar-refractivity contribution >= 4 is 23.7 Å². The van der Waals surface area contributed by atoms with Gasteiger partial charge in [0.25, 0.3) is 0 Å². The van der Waals surface area contributed by atoms with Gasteiger partial charge in [0.1, 0.15) is 0 Å². The molecular weight excluding hydrogens is 252 g/mol. The molecule has 0 aliphatic carbocycles. The molecule has 1 aliphatic rings. The fourth-order valence-corrected chi connectivity index (χ4v) is 3.07. The van der Waals surface area contributed by atoms with E-state index in [2.05, 4.69) is 34.8 Å². The van der Waals surface area contributed by atoms with Crippen LogP contribution < -0.4 is 5.32 Å². The van der Waals surface area contributed by atoms with E-state index in [0.717, 1.165) is 5.92 Å². The third kappa shape index (κ3) is 5.38. The lowest BCUT2D eigenvalue weighted by atomic mass is 9.99. The summed E-state index contributed by atoms with van der Waals surface area (Å²) in [5, 5.41) is 5.65. The van der Waals surface area contributed by atoms with Gasteiger partial charge in [0.2, 0.25) is 0 Å². The average Bonchev–Trinajstić information content (AvgIpc) is 2.81. The standard InChI is InChI=1S/C13H22N2S.ClH/c1-15(8-6-13-5-3-9-16-13)11-12-4-2-7-14-10-12;/h3,5,9,12,14H,2,4,6-8,10-11H2,1H3;1H. The van der Waals surface area contributed by atoms with Crippen LogP contribution in [0.25, 0.3) is 0 Å². The highest BCUT2D eigenvalue weighted by molar-refractivity contribution is 7.09. The number of piperidine rings is 1.